The maximum atomic E-state index is 13.6. The zero-order chi connectivity index (χ0) is 26.8. The van der Waals surface area contributed by atoms with Gasteiger partial charge in [0, 0.05) is 37.6 Å². The molecular weight excluding hydrogens is 490 g/mol. The molecule has 202 valence electrons. The van der Waals surface area contributed by atoms with Crippen molar-refractivity contribution in [1.29, 1.82) is 0 Å². The van der Waals surface area contributed by atoms with Crippen LogP contribution in [-0.2, 0) is 17.9 Å². The summed E-state index contributed by atoms with van der Waals surface area (Å²) in [5.41, 5.74) is 1.68. The van der Waals surface area contributed by atoms with Crippen LogP contribution in [0, 0.1) is 5.92 Å². The van der Waals surface area contributed by atoms with Crippen LogP contribution in [0.5, 0.6) is 0 Å². The minimum atomic E-state index is -1.06. The van der Waals surface area contributed by atoms with E-state index in [1.54, 1.807) is 18.5 Å². The number of hydrogen-bond acceptors (Lipinski definition) is 5. The first-order valence-corrected chi connectivity index (χ1v) is 14.0. The van der Waals surface area contributed by atoms with Gasteiger partial charge in [-0.25, -0.2) is 4.98 Å². The molecule has 3 aromatic heterocycles. The van der Waals surface area contributed by atoms with Crippen molar-refractivity contribution >= 4 is 16.9 Å². The second-order valence-electron chi connectivity index (χ2n) is 11.2. The number of amides is 1. The van der Waals surface area contributed by atoms with E-state index in [4.69, 9.17) is 0 Å². The number of likely N-dealkylation sites (tertiary alicyclic amines) is 1. The van der Waals surface area contributed by atoms with E-state index in [2.05, 4.69) is 34.2 Å². The molecule has 1 aliphatic heterocycles. The van der Waals surface area contributed by atoms with Gasteiger partial charge in [-0.3, -0.25) is 19.1 Å². The van der Waals surface area contributed by atoms with Gasteiger partial charge in [-0.1, -0.05) is 49.2 Å². The fourth-order valence-corrected chi connectivity index (χ4v) is 6.41. The molecule has 1 amide bonds. The van der Waals surface area contributed by atoms with E-state index in [1.807, 2.05) is 33.9 Å². The van der Waals surface area contributed by atoms with Gasteiger partial charge in [0.25, 0.3) is 5.56 Å². The molecule has 1 saturated carbocycles. The van der Waals surface area contributed by atoms with E-state index in [9.17, 15) is 14.7 Å². The van der Waals surface area contributed by atoms with Gasteiger partial charge in [0.15, 0.2) is 0 Å². The van der Waals surface area contributed by atoms with Crippen LogP contribution in [-0.4, -0.2) is 53.7 Å². The standard InChI is InChI=1S/C31H35N5O3/c37-29(26-11-5-4-10-25(26)24-8-2-1-3-9-24)34-17-13-31(39,14-18-34)21-36-22-33-28-27(30(36)38)12-16-35(28)20-23-7-6-15-32-19-23/h1-3,6-9,12,15-16,19,22,25-26,39H,4-5,10-11,13-14,17-18,20-21H2. The molecule has 8 nitrogen and oxygen atoms in total. The van der Waals surface area contributed by atoms with Crippen LogP contribution in [0.25, 0.3) is 11.0 Å². The number of piperidine rings is 1. The second kappa shape index (κ2) is 10.8. The highest BCUT2D eigenvalue weighted by atomic mass is 16.3. The van der Waals surface area contributed by atoms with Crippen molar-refractivity contribution < 1.29 is 9.90 Å². The van der Waals surface area contributed by atoms with Gasteiger partial charge in [0.05, 0.1) is 24.1 Å². The normalized spacial score (nSPS) is 21.2. The lowest BCUT2D eigenvalue weighted by Crippen LogP contribution is -2.51. The van der Waals surface area contributed by atoms with Crippen LogP contribution in [0.3, 0.4) is 0 Å². The molecule has 39 heavy (non-hydrogen) atoms. The number of carbonyl (C=O) groups excluding carboxylic acids is 1. The summed E-state index contributed by atoms with van der Waals surface area (Å²) < 4.78 is 3.45. The largest absolute Gasteiger partial charge is 0.388 e. The lowest BCUT2D eigenvalue weighted by atomic mass is 9.74. The van der Waals surface area contributed by atoms with Crippen LogP contribution in [0.15, 0.2) is 78.2 Å². The van der Waals surface area contributed by atoms with Gasteiger partial charge in [0.1, 0.15) is 12.0 Å². The number of hydrogen-bond donors (Lipinski definition) is 1. The van der Waals surface area contributed by atoms with E-state index in [0.717, 1.165) is 31.2 Å². The maximum Gasteiger partial charge on any atom is 0.262 e. The quantitative estimate of drug-likeness (QED) is 0.411. The summed E-state index contributed by atoms with van der Waals surface area (Å²) in [6.07, 6.45) is 12.0. The summed E-state index contributed by atoms with van der Waals surface area (Å²) in [7, 11) is 0. The van der Waals surface area contributed by atoms with E-state index in [-0.39, 0.29) is 29.8 Å². The van der Waals surface area contributed by atoms with E-state index < -0.39 is 5.60 Å². The summed E-state index contributed by atoms with van der Waals surface area (Å²) >= 11 is 0. The van der Waals surface area contributed by atoms with Gasteiger partial charge in [-0.05, 0) is 54.9 Å². The Bertz CT molecular complexity index is 1490. The summed E-state index contributed by atoms with van der Waals surface area (Å²) in [6.45, 7) is 1.74. The van der Waals surface area contributed by atoms with Gasteiger partial charge in [-0.2, -0.15) is 0 Å². The van der Waals surface area contributed by atoms with Crippen LogP contribution in [0.1, 0.15) is 55.6 Å². The van der Waals surface area contributed by atoms with E-state index >= 15 is 0 Å². The summed E-state index contributed by atoms with van der Waals surface area (Å²) in [5.74, 6) is 0.466. The third-order valence-corrected chi connectivity index (χ3v) is 8.60. The predicted octanol–water partition coefficient (Wildman–Crippen LogP) is 3.97. The monoisotopic (exact) mass is 525 g/mol. The first-order valence-electron chi connectivity index (χ1n) is 14.0. The van der Waals surface area contributed by atoms with Crippen molar-refractivity contribution in [1.82, 2.24) is 24.0 Å². The first kappa shape index (κ1) is 25.5. The number of benzene rings is 1. The van der Waals surface area contributed by atoms with Crippen molar-refractivity contribution in [2.24, 2.45) is 5.92 Å². The Balaban J connectivity index is 1.12. The predicted molar refractivity (Wildman–Crippen MR) is 149 cm³/mol. The lowest BCUT2D eigenvalue weighted by Gasteiger charge is -2.41. The Kier molecular flexibility index (Phi) is 7.04. The van der Waals surface area contributed by atoms with Gasteiger partial charge < -0.3 is 14.6 Å². The molecule has 0 spiro atoms. The van der Waals surface area contributed by atoms with Crippen LogP contribution in [0.2, 0.25) is 0 Å². The van der Waals surface area contributed by atoms with Crippen molar-refractivity contribution in [3.63, 3.8) is 0 Å². The molecule has 4 heterocycles. The van der Waals surface area contributed by atoms with Crippen molar-refractivity contribution in [2.45, 2.75) is 63.1 Å². The molecule has 0 radical (unpaired) electrons. The molecule has 4 aromatic rings. The zero-order valence-corrected chi connectivity index (χ0v) is 22.2. The fraction of sp³-hybridized carbons (Fsp3) is 0.419. The molecule has 0 bridgehead atoms. The SMILES string of the molecule is O=C(C1CCCCC1c1ccccc1)N1CCC(O)(Cn2cnc3c(ccn3Cc3cccnc3)c2=O)CC1. The smallest absolute Gasteiger partial charge is 0.262 e. The highest BCUT2D eigenvalue weighted by Crippen LogP contribution is 2.39. The molecule has 1 aliphatic carbocycles. The second-order valence-corrected chi connectivity index (χ2v) is 11.2. The molecule has 1 saturated heterocycles. The van der Waals surface area contributed by atoms with Crippen LogP contribution < -0.4 is 5.56 Å². The maximum absolute atomic E-state index is 13.6. The molecule has 1 aromatic carbocycles. The number of pyridine rings is 1. The topological polar surface area (TPSA) is 93.2 Å². The highest BCUT2D eigenvalue weighted by molar-refractivity contribution is 5.80. The number of aromatic nitrogens is 4. The molecule has 8 heteroatoms. The lowest BCUT2D eigenvalue weighted by molar-refractivity contribution is -0.142. The Morgan fingerprint density at radius 2 is 1.79 bits per heavy atom. The average Bonchev–Trinajstić information content (AvgIpc) is 3.39. The zero-order valence-electron chi connectivity index (χ0n) is 22.2. The van der Waals surface area contributed by atoms with Crippen molar-refractivity contribution in [3.05, 3.63) is 94.9 Å². The van der Waals surface area contributed by atoms with Crippen LogP contribution in [0.4, 0.5) is 0 Å². The molecule has 2 fully saturated rings. The average molecular weight is 526 g/mol. The number of fused-ring (bicyclic) bond motifs is 1. The molecule has 1 N–H and O–H groups in total. The fourth-order valence-electron chi connectivity index (χ4n) is 6.41. The number of carbonyl (C=O) groups is 1. The molecular formula is C31H35N5O3. The minimum Gasteiger partial charge on any atom is -0.388 e. The van der Waals surface area contributed by atoms with Gasteiger partial charge in [-0.15, -0.1) is 0 Å². The van der Waals surface area contributed by atoms with E-state index in [0.29, 0.717) is 43.5 Å². The van der Waals surface area contributed by atoms with Crippen LogP contribution >= 0.6 is 0 Å². The Hall–Kier alpha value is -3.78. The van der Waals surface area contributed by atoms with E-state index in [1.165, 1.54) is 16.5 Å². The van der Waals surface area contributed by atoms with Gasteiger partial charge >= 0.3 is 0 Å². The molecule has 2 aliphatic rings. The van der Waals surface area contributed by atoms with Gasteiger partial charge in [0.2, 0.25) is 5.91 Å². The van der Waals surface area contributed by atoms with Crippen molar-refractivity contribution in [3.8, 4) is 0 Å². The highest BCUT2D eigenvalue weighted by Gasteiger charge is 2.39. The Morgan fingerprint density at radius 1 is 1.00 bits per heavy atom. The minimum absolute atomic E-state index is 0.00252. The number of aliphatic hydroxyl groups is 1. The molecule has 2 atom stereocenters. The Labute approximate surface area is 227 Å². The first-order chi connectivity index (χ1) is 19.0. The number of nitrogens with zero attached hydrogens (tertiary/aromatic N) is 5. The molecule has 2 unspecified atom stereocenters. The molecule has 6 rings (SSSR count). The summed E-state index contributed by atoms with van der Waals surface area (Å²) in [5, 5.41) is 12.0. The third kappa shape index (κ3) is 5.26. The summed E-state index contributed by atoms with van der Waals surface area (Å²) in [4.78, 5) is 37.6. The Morgan fingerprint density at radius 3 is 2.56 bits per heavy atom. The van der Waals surface area contributed by atoms with Crippen molar-refractivity contribution in [2.75, 3.05) is 13.1 Å². The summed E-state index contributed by atoms with van der Waals surface area (Å²) in [6, 6.07) is 16.1. The third-order valence-electron chi connectivity index (χ3n) is 8.60. The number of rotatable bonds is 6.